The number of hydrogen-bond donors (Lipinski definition) is 2. The molecule has 0 unspecified atom stereocenters. The van der Waals surface area contributed by atoms with Crippen LogP contribution in [0.2, 0.25) is 0 Å². The van der Waals surface area contributed by atoms with Crippen molar-refractivity contribution in [2.24, 2.45) is 0 Å². The van der Waals surface area contributed by atoms with Crippen molar-refractivity contribution in [2.75, 3.05) is 6.54 Å². The van der Waals surface area contributed by atoms with E-state index in [0.29, 0.717) is 11.1 Å². The van der Waals surface area contributed by atoms with Gasteiger partial charge in [0.15, 0.2) is 0 Å². The molecule has 0 radical (unpaired) electrons. The summed E-state index contributed by atoms with van der Waals surface area (Å²) in [5.41, 5.74) is 0.0648. The van der Waals surface area contributed by atoms with Crippen LogP contribution in [0.5, 0.6) is 5.75 Å². The molecule has 0 amide bonds. The lowest BCUT2D eigenvalue weighted by atomic mass is 10.0. The molecular formula is C16H14F3NO5S. The van der Waals surface area contributed by atoms with Crippen LogP contribution in [0.4, 0.5) is 13.2 Å². The van der Waals surface area contributed by atoms with E-state index < -0.39 is 33.7 Å². The number of benzene rings is 2. The van der Waals surface area contributed by atoms with Crippen molar-refractivity contribution >= 4 is 16.0 Å². The first-order valence-electron chi connectivity index (χ1n) is 7.26. The van der Waals surface area contributed by atoms with E-state index in [0.717, 1.165) is 12.1 Å². The van der Waals surface area contributed by atoms with E-state index in [-0.39, 0.29) is 11.4 Å². The standard InChI is InChI=1S/C16H14F3NO5S/c1-2-20-26(23,24)12-6-3-10(4-7-12)11-5-8-14(25-16(17,18)19)13(9-11)15(21)22/h3-9,20H,2H2,1H3,(H,21,22). The molecule has 0 heterocycles. The van der Waals surface area contributed by atoms with E-state index >= 15 is 0 Å². The van der Waals surface area contributed by atoms with Crippen molar-refractivity contribution in [2.45, 2.75) is 18.2 Å². The molecule has 2 N–H and O–H groups in total. The number of carboxylic acid groups (broad SMARTS) is 1. The number of sulfonamides is 1. The Labute approximate surface area is 147 Å². The molecule has 0 saturated carbocycles. The van der Waals surface area contributed by atoms with Crippen LogP contribution in [0.1, 0.15) is 17.3 Å². The predicted octanol–water partition coefficient (Wildman–Crippen LogP) is 3.25. The second kappa shape index (κ2) is 7.34. The Morgan fingerprint density at radius 3 is 2.19 bits per heavy atom. The summed E-state index contributed by atoms with van der Waals surface area (Å²) in [6.45, 7) is 1.84. The molecule has 0 saturated heterocycles. The summed E-state index contributed by atoms with van der Waals surface area (Å²) in [7, 11) is -3.65. The lowest BCUT2D eigenvalue weighted by Gasteiger charge is -2.13. The van der Waals surface area contributed by atoms with Crippen molar-refractivity contribution in [3.8, 4) is 16.9 Å². The highest BCUT2D eigenvalue weighted by Crippen LogP contribution is 2.31. The number of aromatic carboxylic acids is 1. The lowest BCUT2D eigenvalue weighted by Crippen LogP contribution is -2.22. The van der Waals surface area contributed by atoms with Gasteiger partial charge in [-0.3, -0.25) is 0 Å². The van der Waals surface area contributed by atoms with E-state index in [9.17, 15) is 26.4 Å². The minimum Gasteiger partial charge on any atom is -0.478 e. The number of hydrogen-bond acceptors (Lipinski definition) is 4. The van der Waals surface area contributed by atoms with Crippen LogP contribution in [-0.2, 0) is 10.0 Å². The molecule has 0 aliphatic carbocycles. The molecule has 0 aromatic heterocycles. The van der Waals surface area contributed by atoms with Crippen LogP contribution in [0, 0.1) is 0 Å². The number of carbonyl (C=O) groups is 1. The topological polar surface area (TPSA) is 92.7 Å². The van der Waals surface area contributed by atoms with E-state index in [1.165, 1.54) is 30.3 Å². The van der Waals surface area contributed by atoms with Crippen molar-refractivity contribution in [1.82, 2.24) is 4.72 Å². The molecule has 140 valence electrons. The van der Waals surface area contributed by atoms with Crippen molar-refractivity contribution < 1.29 is 36.2 Å². The Morgan fingerprint density at radius 1 is 1.12 bits per heavy atom. The summed E-state index contributed by atoms with van der Waals surface area (Å²) in [5, 5.41) is 9.11. The van der Waals surface area contributed by atoms with Crippen LogP contribution in [0.25, 0.3) is 11.1 Å². The molecule has 0 bridgehead atoms. The zero-order chi connectivity index (χ0) is 19.5. The fourth-order valence-electron chi connectivity index (χ4n) is 2.19. The fraction of sp³-hybridized carbons (Fsp3) is 0.188. The quantitative estimate of drug-likeness (QED) is 0.791. The van der Waals surface area contributed by atoms with E-state index in [2.05, 4.69) is 9.46 Å². The van der Waals surface area contributed by atoms with Crippen molar-refractivity contribution in [3.63, 3.8) is 0 Å². The van der Waals surface area contributed by atoms with Gasteiger partial charge in [-0.15, -0.1) is 13.2 Å². The smallest absolute Gasteiger partial charge is 0.478 e. The molecule has 2 aromatic rings. The number of carboxylic acids is 1. The summed E-state index contributed by atoms with van der Waals surface area (Å²) >= 11 is 0. The highest BCUT2D eigenvalue weighted by Gasteiger charge is 2.33. The van der Waals surface area contributed by atoms with Gasteiger partial charge in [0.05, 0.1) is 4.90 Å². The average molecular weight is 389 g/mol. The number of ether oxygens (including phenoxy) is 1. The number of nitrogens with one attached hydrogen (secondary N) is 1. The third kappa shape index (κ3) is 4.73. The van der Waals surface area contributed by atoms with E-state index in [4.69, 9.17) is 5.11 Å². The first kappa shape index (κ1) is 19.7. The van der Waals surface area contributed by atoms with E-state index in [1.807, 2.05) is 0 Å². The summed E-state index contributed by atoms with van der Waals surface area (Å²) in [6.07, 6.45) is -5.02. The maximum Gasteiger partial charge on any atom is 0.573 e. The fourth-order valence-corrected chi connectivity index (χ4v) is 3.23. The molecule has 0 aliphatic rings. The minimum absolute atomic E-state index is 0.0126. The average Bonchev–Trinajstić information content (AvgIpc) is 2.53. The predicted molar refractivity (Wildman–Crippen MR) is 86.4 cm³/mol. The molecule has 0 atom stereocenters. The molecule has 0 aliphatic heterocycles. The minimum atomic E-state index is -5.02. The second-order valence-electron chi connectivity index (χ2n) is 5.09. The van der Waals surface area contributed by atoms with Gasteiger partial charge in [0, 0.05) is 6.54 Å². The molecular weight excluding hydrogens is 375 g/mol. The first-order valence-corrected chi connectivity index (χ1v) is 8.75. The zero-order valence-electron chi connectivity index (χ0n) is 13.4. The van der Waals surface area contributed by atoms with Gasteiger partial charge >= 0.3 is 12.3 Å². The number of rotatable bonds is 6. The van der Waals surface area contributed by atoms with Crippen LogP contribution in [0.3, 0.4) is 0 Å². The largest absolute Gasteiger partial charge is 0.573 e. The Balaban J connectivity index is 2.40. The van der Waals surface area contributed by atoms with Gasteiger partial charge in [-0.25, -0.2) is 17.9 Å². The van der Waals surface area contributed by atoms with Gasteiger partial charge in [-0.2, -0.15) is 0 Å². The summed E-state index contributed by atoms with van der Waals surface area (Å²) < 4.78 is 66.9. The molecule has 0 spiro atoms. The van der Waals surface area contributed by atoms with E-state index in [1.54, 1.807) is 6.92 Å². The molecule has 2 aromatic carbocycles. The van der Waals surface area contributed by atoms with Crippen LogP contribution in [-0.4, -0.2) is 32.4 Å². The molecule has 0 fully saturated rings. The molecule has 2 rings (SSSR count). The van der Waals surface area contributed by atoms with Gasteiger partial charge in [0.1, 0.15) is 11.3 Å². The van der Waals surface area contributed by atoms with Gasteiger partial charge < -0.3 is 9.84 Å². The zero-order valence-corrected chi connectivity index (χ0v) is 14.2. The van der Waals surface area contributed by atoms with Crippen molar-refractivity contribution in [1.29, 1.82) is 0 Å². The molecule has 10 heteroatoms. The third-order valence-electron chi connectivity index (χ3n) is 3.27. The summed E-state index contributed by atoms with van der Waals surface area (Å²) in [6, 6.07) is 8.65. The Bertz CT molecular complexity index is 908. The van der Waals surface area contributed by atoms with Crippen LogP contribution < -0.4 is 9.46 Å². The number of alkyl halides is 3. The normalized spacial score (nSPS) is 12.0. The van der Waals surface area contributed by atoms with Gasteiger partial charge in [0.2, 0.25) is 10.0 Å². The van der Waals surface area contributed by atoms with Crippen LogP contribution in [0.15, 0.2) is 47.4 Å². The first-order chi connectivity index (χ1) is 12.0. The third-order valence-corrected chi connectivity index (χ3v) is 4.83. The highest BCUT2D eigenvalue weighted by atomic mass is 32.2. The van der Waals surface area contributed by atoms with Gasteiger partial charge in [-0.1, -0.05) is 25.1 Å². The Morgan fingerprint density at radius 2 is 1.69 bits per heavy atom. The van der Waals surface area contributed by atoms with Gasteiger partial charge in [-0.05, 0) is 35.4 Å². The maximum atomic E-state index is 12.3. The summed E-state index contributed by atoms with van der Waals surface area (Å²) in [5.74, 6) is -2.42. The second-order valence-corrected chi connectivity index (χ2v) is 6.86. The Kier molecular flexibility index (Phi) is 5.57. The molecule has 26 heavy (non-hydrogen) atoms. The van der Waals surface area contributed by atoms with Gasteiger partial charge in [0.25, 0.3) is 0 Å². The number of halogens is 3. The maximum absolute atomic E-state index is 12.3. The van der Waals surface area contributed by atoms with Crippen molar-refractivity contribution in [3.05, 3.63) is 48.0 Å². The Hall–Kier alpha value is -2.59. The van der Waals surface area contributed by atoms with Crippen LogP contribution >= 0.6 is 0 Å². The summed E-state index contributed by atoms with van der Waals surface area (Å²) in [4.78, 5) is 11.2. The molecule has 6 nitrogen and oxygen atoms in total. The lowest BCUT2D eigenvalue weighted by molar-refractivity contribution is -0.274. The highest BCUT2D eigenvalue weighted by molar-refractivity contribution is 7.89. The SMILES string of the molecule is CCNS(=O)(=O)c1ccc(-c2ccc(OC(F)(F)F)c(C(=O)O)c2)cc1. The monoisotopic (exact) mass is 389 g/mol.